The number of hydrazine groups is 1. The summed E-state index contributed by atoms with van der Waals surface area (Å²) >= 11 is 3.35. The second-order valence-electron chi connectivity index (χ2n) is 3.37. The predicted molar refractivity (Wildman–Crippen MR) is 61.1 cm³/mol. The summed E-state index contributed by atoms with van der Waals surface area (Å²) in [6.07, 6.45) is 1.72. The lowest BCUT2D eigenvalue weighted by Crippen LogP contribution is -2.32. The number of rotatable bonds is 3. The maximum absolute atomic E-state index is 5.58. The van der Waals surface area contributed by atoms with Gasteiger partial charge in [-0.2, -0.15) is 5.10 Å². The van der Waals surface area contributed by atoms with E-state index in [4.69, 9.17) is 5.84 Å². The van der Waals surface area contributed by atoms with Crippen LogP contribution in [0.5, 0.6) is 0 Å². The molecular formula is C8H12BrN7. The highest BCUT2D eigenvalue weighted by atomic mass is 79.9. The van der Waals surface area contributed by atoms with Crippen molar-refractivity contribution < 1.29 is 0 Å². The highest BCUT2D eigenvalue weighted by Crippen LogP contribution is 2.25. The molecular weight excluding hydrogens is 274 g/mol. The third-order valence-electron chi connectivity index (χ3n) is 2.42. The Hall–Kier alpha value is -1.25. The highest BCUT2D eigenvalue weighted by molar-refractivity contribution is 9.10. The number of aromatic nitrogens is 5. The molecule has 3 N–H and O–H groups in total. The molecule has 16 heavy (non-hydrogen) atoms. The molecule has 0 radical (unpaired) electrons. The summed E-state index contributed by atoms with van der Waals surface area (Å²) in [5.41, 5.74) is 4.53. The van der Waals surface area contributed by atoms with Gasteiger partial charge in [-0.05, 0) is 22.0 Å². The van der Waals surface area contributed by atoms with Crippen molar-refractivity contribution in [1.29, 1.82) is 0 Å². The molecule has 7 nitrogen and oxygen atoms in total. The van der Waals surface area contributed by atoms with E-state index in [1.807, 2.05) is 20.2 Å². The first kappa shape index (κ1) is 11.2. The Labute approximate surface area is 101 Å². The van der Waals surface area contributed by atoms with Gasteiger partial charge in [-0.15, -0.1) is 5.10 Å². The topological polar surface area (TPSA) is 86.6 Å². The average Bonchev–Trinajstić information content (AvgIpc) is 2.80. The van der Waals surface area contributed by atoms with E-state index in [0.29, 0.717) is 4.60 Å². The Morgan fingerprint density at radius 2 is 2.19 bits per heavy atom. The number of hydrogen-bond donors (Lipinski definition) is 2. The van der Waals surface area contributed by atoms with Gasteiger partial charge in [-0.3, -0.25) is 10.5 Å². The molecule has 0 amide bonds. The lowest BCUT2D eigenvalue weighted by atomic mass is 10.1. The van der Waals surface area contributed by atoms with Gasteiger partial charge < -0.3 is 0 Å². The van der Waals surface area contributed by atoms with Crippen LogP contribution in [0.1, 0.15) is 17.4 Å². The van der Waals surface area contributed by atoms with Crippen molar-refractivity contribution in [3.05, 3.63) is 28.3 Å². The summed E-state index contributed by atoms with van der Waals surface area (Å²) in [6, 6.07) is 1.69. The fraction of sp³-hybridized carbons (Fsp3) is 0.375. The van der Waals surface area contributed by atoms with Gasteiger partial charge in [-0.25, -0.2) is 10.1 Å². The molecule has 86 valence electrons. The van der Waals surface area contributed by atoms with Gasteiger partial charge in [0, 0.05) is 20.3 Å². The molecule has 2 rings (SSSR count). The Bertz CT molecular complexity index is 469. The van der Waals surface area contributed by atoms with Crippen molar-refractivity contribution >= 4 is 15.9 Å². The van der Waals surface area contributed by atoms with Crippen molar-refractivity contribution in [2.24, 2.45) is 19.9 Å². The van der Waals surface area contributed by atoms with Crippen LogP contribution in [-0.2, 0) is 14.1 Å². The minimum atomic E-state index is -0.207. The van der Waals surface area contributed by atoms with Gasteiger partial charge in [0.15, 0.2) is 4.60 Å². The van der Waals surface area contributed by atoms with Gasteiger partial charge in [0.1, 0.15) is 6.04 Å². The lowest BCUT2D eigenvalue weighted by Gasteiger charge is -2.16. The van der Waals surface area contributed by atoms with E-state index >= 15 is 0 Å². The van der Waals surface area contributed by atoms with E-state index < -0.39 is 0 Å². The van der Waals surface area contributed by atoms with E-state index in [9.17, 15) is 0 Å². The maximum Gasteiger partial charge on any atom is 0.153 e. The molecule has 0 spiro atoms. The average molecular weight is 286 g/mol. The molecule has 0 fully saturated rings. The fourth-order valence-electron chi connectivity index (χ4n) is 1.62. The Morgan fingerprint density at radius 3 is 2.62 bits per heavy atom. The van der Waals surface area contributed by atoms with E-state index in [-0.39, 0.29) is 6.04 Å². The van der Waals surface area contributed by atoms with Crippen LogP contribution in [0.2, 0.25) is 0 Å². The molecule has 8 heteroatoms. The van der Waals surface area contributed by atoms with Crippen LogP contribution >= 0.6 is 15.9 Å². The standard InChI is InChI=1S/C8H12BrN7/c1-15-5(3-4-11-15)6(12-10)7-8(9)13-14-16(7)2/h3-4,6,12H,10H2,1-2H3. The Kier molecular flexibility index (Phi) is 3.03. The summed E-state index contributed by atoms with van der Waals surface area (Å²) in [4.78, 5) is 0. The minimum Gasteiger partial charge on any atom is -0.271 e. The van der Waals surface area contributed by atoms with Crippen molar-refractivity contribution in [2.75, 3.05) is 0 Å². The predicted octanol–water partition coefficient (Wildman–Crippen LogP) is -0.136. The van der Waals surface area contributed by atoms with Crippen molar-refractivity contribution in [3.8, 4) is 0 Å². The zero-order valence-corrected chi connectivity index (χ0v) is 10.5. The minimum absolute atomic E-state index is 0.207. The largest absolute Gasteiger partial charge is 0.271 e. The lowest BCUT2D eigenvalue weighted by molar-refractivity contribution is 0.532. The van der Waals surface area contributed by atoms with Gasteiger partial charge in [0.2, 0.25) is 0 Å². The van der Waals surface area contributed by atoms with E-state index in [2.05, 4.69) is 36.8 Å². The van der Waals surface area contributed by atoms with Gasteiger partial charge >= 0.3 is 0 Å². The maximum atomic E-state index is 5.58. The van der Waals surface area contributed by atoms with E-state index in [1.54, 1.807) is 15.6 Å². The van der Waals surface area contributed by atoms with Crippen LogP contribution in [0.25, 0.3) is 0 Å². The number of nitrogens with two attached hydrogens (primary N) is 1. The normalized spacial score (nSPS) is 13.0. The summed E-state index contributed by atoms with van der Waals surface area (Å²) < 4.78 is 4.09. The third kappa shape index (κ3) is 1.75. The van der Waals surface area contributed by atoms with Crippen molar-refractivity contribution in [2.45, 2.75) is 6.04 Å². The molecule has 0 saturated heterocycles. The van der Waals surface area contributed by atoms with Crippen LogP contribution < -0.4 is 11.3 Å². The first-order valence-electron chi connectivity index (χ1n) is 4.64. The summed E-state index contributed by atoms with van der Waals surface area (Å²) in [6.45, 7) is 0. The molecule has 0 aromatic carbocycles. The van der Waals surface area contributed by atoms with Crippen molar-refractivity contribution in [3.63, 3.8) is 0 Å². The zero-order chi connectivity index (χ0) is 11.7. The second-order valence-corrected chi connectivity index (χ2v) is 4.12. The number of nitrogens with zero attached hydrogens (tertiary/aromatic N) is 5. The summed E-state index contributed by atoms with van der Waals surface area (Å²) in [5.74, 6) is 5.58. The van der Waals surface area contributed by atoms with Crippen LogP contribution in [0.3, 0.4) is 0 Å². The van der Waals surface area contributed by atoms with Crippen LogP contribution in [0.4, 0.5) is 0 Å². The smallest absolute Gasteiger partial charge is 0.153 e. The number of halogens is 1. The molecule has 0 bridgehead atoms. The molecule has 0 saturated carbocycles. The number of hydrogen-bond acceptors (Lipinski definition) is 5. The van der Waals surface area contributed by atoms with Crippen LogP contribution in [0.15, 0.2) is 16.9 Å². The number of aryl methyl sites for hydroxylation is 2. The molecule has 2 aromatic rings. The molecule has 1 unspecified atom stereocenters. The SMILES string of the molecule is Cn1nccc1C(NN)c1c(Br)nnn1C. The molecule has 1 atom stereocenters. The Morgan fingerprint density at radius 1 is 1.44 bits per heavy atom. The first-order valence-corrected chi connectivity index (χ1v) is 5.43. The molecule has 2 heterocycles. The second kappa shape index (κ2) is 4.32. The number of nitrogens with one attached hydrogen (secondary N) is 1. The van der Waals surface area contributed by atoms with Crippen molar-refractivity contribution in [1.82, 2.24) is 30.2 Å². The van der Waals surface area contributed by atoms with Gasteiger partial charge in [0.05, 0.1) is 11.4 Å². The molecule has 0 aliphatic heterocycles. The monoisotopic (exact) mass is 285 g/mol. The quantitative estimate of drug-likeness (QED) is 0.606. The molecule has 0 aliphatic carbocycles. The van der Waals surface area contributed by atoms with E-state index in [1.165, 1.54) is 0 Å². The van der Waals surface area contributed by atoms with Crippen LogP contribution in [0, 0.1) is 0 Å². The highest BCUT2D eigenvalue weighted by Gasteiger charge is 2.23. The van der Waals surface area contributed by atoms with Gasteiger partial charge in [0.25, 0.3) is 0 Å². The first-order chi connectivity index (χ1) is 7.65. The molecule has 0 aliphatic rings. The Balaban J connectivity index is 2.49. The fourth-order valence-corrected chi connectivity index (χ4v) is 2.17. The zero-order valence-electron chi connectivity index (χ0n) is 8.92. The van der Waals surface area contributed by atoms with Gasteiger partial charge in [-0.1, -0.05) is 5.21 Å². The van der Waals surface area contributed by atoms with Crippen LogP contribution in [-0.4, -0.2) is 24.8 Å². The third-order valence-corrected chi connectivity index (χ3v) is 2.99. The summed E-state index contributed by atoms with van der Waals surface area (Å²) in [7, 11) is 3.67. The van der Waals surface area contributed by atoms with E-state index in [0.717, 1.165) is 11.4 Å². The molecule has 2 aromatic heterocycles. The summed E-state index contributed by atoms with van der Waals surface area (Å²) in [5, 5.41) is 12.0.